The van der Waals surface area contributed by atoms with E-state index in [2.05, 4.69) is 11.4 Å². The van der Waals surface area contributed by atoms with E-state index in [9.17, 15) is 4.79 Å². The fraction of sp³-hybridized carbons (Fsp3) is 0.0833. The van der Waals surface area contributed by atoms with E-state index in [-0.39, 0.29) is 12.5 Å². The minimum Gasteiger partial charge on any atom is -0.484 e. The molecule has 5 nitrogen and oxygen atoms in total. The summed E-state index contributed by atoms with van der Waals surface area (Å²) in [5.41, 5.74) is 3.80. The van der Waals surface area contributed by atoms with Crippen LogP contribution in [0.2, 0.25) is 0 Å². The van der Waals surface area contributed by atoms with E-state index in [1.807, 2.05) is 91.9 Å². The molecule has 1 amide bonds. The highest BCUT2D eigenvalue weighted by molar-refractivity contribution is 5.92. The van der Waals surface area contributed by atoms with Gasteiger partial charge in [0, 0.05) is 11.6 Å². The number of carbonyl (C=O) groups excluding carboxylic acids is 1. The maximum Gasteiger partial charge on any atom is 0.263 e. The second-order valence-corrected chi connectivity index (χ2v) is 6.68. The fourth-order valence-electron chi connectivity index (χ4n) is 3.03. The quantitative estimate of drug-likeness (QED) is 0.517. The van der Waals surface area contributed by atoms with Crippen LogP contribution in [0.5, 0.6) is 5.75 Å². The number of hydrogen-bond acceptors (Lipinski definition) is 3. The van der Waals surface area contributed by atoms with Gasteiger partial charge in [-0.1, -0.05) is 60.2 Å². The first-order valence-electron chi connectivity index (χ1n) is 9.39. The van der Waals surface area contributed by atoms with Crippen LogP contribution < -0.4 is 10.1 Å². The number of aryl methyl sites for hydroxylation is 1. The third-order valence-electron chi connectivity index (χ3n) is 4.40. The van der Waals surface area contributed by atoms with Gasteiger partial charge in [-0.25, -0.2) is 4.68 Å². The van der Waals surface area contributed by atoms with Gasteiger partial charge in [-0.15, -0.1) is 0 Å². The Morgan fingerprint density at radius 1 is 0.931 bits per heavy atom. The summed E-state index contributed by atoms with van der Waals surface area (Å²) in [7, 11) is 0. The van der Waals surface area contributed by atoms with Crippen molar-refractivity contribution in [3.63, 3.8) is 0 Å². The van der Waals surface area contributed by atoms with Crippen LogP contribution in [-0.2, 0) is 4.79 Å². The first-order valence-corrected chi connectivity index (χ1v) is 9.39. The first-order chi connectivity index (χ1) is 14.2. The number of aromatic nitrogens is 2. The Labute approximate surface area is 169 Å². The van der Waals surface area contributed by atoms with Gasteiger partial charge in [0.1, 0.15) is 11.6 Å². The summed E-state index contributed by atoms with van der Waals surface area (Å²) >= 11 is 0. The van der Waals surface area contributed by atoms with Crippen molar-refractivity contribution in [2.75, 3.05) is 11.9 Å². The average molecular weight is 383 g/mol. The molecule has 4 aromatic rings. The molecule has 0 aliphatic carbocycles. The molecule has 1 aromatic heterocycles. The molecule has 0 unspecified atom stereocenters. The van der Waals surface area contributed by atoms with Gasteiger partial charge in [0.05, 0.1) is 11.4 Å². The lowest BCUT2D eigenvalue weighted by Gasteiger charge is -2.09. The van der Waals surface area contributed by atoms with Gasteiger partial charge in [0.2, 0.25) is 0 Å². The molecule has 144 valence electrons. The maximum absolute atomic E-state index is 12.5. The van der Waals surface area contributed by atoms with Gasteiger partial charge in [-0.3, -0.25) is 4.79 Å². The number of carbonyl (C=O) groups is 1. The van der Waals surface area contributed by atoms with Gasteiger partial charge in [0.15, 0.2) is 6.61 Å². The maximum atomic E-state index is 12.5. The van der Waals surface area contributed by atoms with Crippen molar-refractivity contribution in [2.45, 2.75) is 6.92 Å². The highest BCUT2D eigenvalue weighted by Gasteiger charge is 2.14. The number of amides is 1. The molecule has 1 heterocycles. The number of nitrogens with zero attached hydrogens (tertiary/aromatic N) is 2. The molecule has 0 radical (unpaired) electrons. The van der Waals surface area contributed by atoms with Gasteiger partial charge in [-0.05, 0) is 37.3 Å². The number of ether oxygens (including phenoxy) is 1. The van der Waals surface area contributed by atoms with Crippen molar-refractivity contribution < 1.29 is 9.53 Å². The molecule has 0 saturated heterocycles. The van der Waals surface area contributed by atoms with Crippen LogP contribution >= 0.6 is 0 Å². The number of rotatable bonds is 6. The molecule has 0 saturated carbocycles. The molecule has 0 atom stereocenters. The molecule has 5 heteroatoms. The Balaban J connectivity index is 1.60. The Morgan fingerprint density at radius 3 is 2.38 bits per heavy atom. The van der Waals surface area contributed by atoms with E-state index in [1.165, 1.54) is 0 Å². The molecule has 3 aromatic carbocycles. The summed E-state index contributed by atoms with van der Waals surface area (Å²) in [6.45, 7) is 1.96. The predicted molar refractivity (Wildman–Crippen MR) is 114 cm³/mol. The van der Waals surface area contributed by atoms with Crippen LogP contribution in [-0.4, -0.2) is 22.3 Å². The summed E-state index contributed by atoms with van der Waals surface area (Å²) in [4.78, 5) is 12.5. The summed E-state index contributed by atoms with van der Waals surface area (Å²) < 4.78 is 7.29. The zero-order valence-corrected chi connectivity index (χ0v) is 16.1. The number of para-hydroxylation sites is 2. The molecule has 1 N–H and O–H groups in total. The molecule has 0 aliphatic rings. The topological polar surface area (TPSA) is 56.1 Å². The number of nitrogens with one attached hydrogen (secondary N) is 1. The zero-order chi connectivity index (χ0) is 20.1. The van der Waals surface area contributed by atoms with Crippen molar-refractivity contribution in [3.05, 3.63) is 96.6 Å². The first kappa shape index (κ1) is 18.5. The normalized spacial score (nSPS) is 10.5. The highest BCUT2D eigenvalue weighted by atomic mass is 16.5. The van der Waals surface area contributed by atoms with E-state index in [1.54, 1.807) is 4.68 Å². The summed E-state index contributed by atoms with van der Waals surface area (Å²) in [5.74, 6) is 0.996. The fourth-order valence-corrected chi connectivity index (χ4v) is 3.03. The van der Waals surface area contributed by atoms with Crippen molar-refractivity contribution in [2.24, 2.45) is 0 Å². The van der Waals surface area contributed by atoms with Crippen LogP contribution in [0, 0.1) is 6.92 Å². The minimum atomic E-state index is -0.248. The zero-order valence-electron chi connectivity index (χ0n) is 16.1. The molecular weight excluding hydrogens is 362 g/mol. The Morgan fingerprint density at radius 2 is 1.66 bits per heavy atom. The lowest BCUT2D eigenvalue weighted by molar-refractivity contribution is -0.118. The van der Waals surface area contributed by atoms with Gasteiger partial charge in [-0.2, -0.15) is 5.10 Å². The van der Waals surface area contributed by atoms with Crippen LogP contribution in [0.3, 0.4) is 0 Å². The Kier molecular flexibility index (Phi) is 5.38. The third kappa shape index (κ3) is 4.52. The molecule has 0 aliphatic heterocycles. The van der Waals surface area contributed by atoms with Crippen LogP contribution in [0.1, 0.15) is 5.56 Å². The largest absolute Gasteiger partial charge is 0.484 e. The number of hydrogen-bond donors (Lipinski definition) is 1. The van der Waals surface area contributed by atoms with E-state index in [4.69, 9.17) is 9.84 Å². The molecule has 0 bridgehead atoms. The average Bonchev–Trinajstić information content (AvgIpc) is 3.17. The number of anilines is 1. The molecule has 4 rings (SSSR count). The monoisotopic (exact) mass is 383 g/mol. The summed E-state index contributed by atoms with van der Waals surface area (Å²) in [6, 6.07) is 29.0. The highest BCUT2D eigenvalue weighted by Crippen LogP contribution is 2.25. The van der Waals surface area contributed by atoms with Crippen molar-refractivity contribution in [3.8, 4) is 22.7 Å². The molecule has 29 heavy (non-hydrogen) atoms. The molecule has 0 spiro atoms. The lowest BCUT2D eigenvalue weighted by Crippen LogP contribution is -2.21. The van der Waals surface area contributed by atoms with Gasteiger partial charge in [0.25, 0.3) is 5.91 Å². The van der Waals surface area contributed by atoms with Crippen LogP contribution in [0.25, 0.3) is 16.9 Å². The minimum absolute atomic E-state index is 0.0796. The Bertz CT molecular complexity index is 1110. The Hall–Kier alpha value is -3.86. The summed E-state index contributed by atoms with van der Waals surface area (Å²) in [6.07, 6.45) is 0. The van der Waals surface area contributed by atoms with Crippen LogP contribution in [0.4, 0.5) is 5.82 Å². The smallest absolute Gasteiger partial charge is 0.263 e. The van der Waals surface area contributed by atoms with Crippen molar-refractivity contribution in [1.29, 1.82) is 0 Å². The second-order valence-electron chi connectivity index (χ2n) is 6.68. The van der Waals surface area contributed by atoms with Gasteiger partial charge >= 0.3 is 0 Å². The van der Waals surface area contributed by atoms with Crippen molar-refractivity contribution >= 4 is 11.7 Å². The van der Waals surface area contributed by atoms with E-state index in [0.29, 0.717) is 11.6 Å². The predicted octanol–water partition coefficient (Wildman–Crippen LogP) is 4.87. The third-order valence-corrected chi connectivity index (χ3v) is 4.40. The number of benzene rings is 3. The summed E-state index contributed by atoms with van der Waals surface area (Å²) in [5, 5.41) is 7.64. The van der Waals surface area contributed by atoms with Crippen molar-refractivity contribution in [1.82, 2.24) is 9.78 Å². The standard InChI is InChI=1S/C24H21N3O2/c1-18-9-8-10-19(15-18)22-16-23(27(26-22)20-11-4-2-5-12-20)25-24(28)17-29-21-13-6-3-7-14-21/h2-16H,17H2,1H3,(H,25,28). The SMILES string of the molecule is Cc1cccc(-c2cc(NC(=O)COc3ccccc3)n(-c3ccccc3)n2)c1. The molecular formula is C24H21N3O2. The lowest BCUT2D eigenvalue weighted by atomic mass is 10.1. The van der Waals surface area contributed by atoms with E-state index in [0.717, 1.165) is 22.5 Å². The second kappa shape index (κ2) is 8.44. The molecule has 0 fully saturated rings. The van der Waals surface area contributed by atoms with Crippen LogP contribution in [0.15, 0.2) is 91.0 Å². The van der Waals surface area contributed by atoms with E-state index < -0.39 is 0 Å². The van der Waals surface area contributed by atoms with E-state index >= 15 is 0 Å². The van der Waals surface area contributed by atoms with Gasteiger partial charge < -0.3 is 10.1 Å².